The molecule has 0 aliphatic rings. The zero-order chi connectivity index (χ0) is 46.2. The first-order chi connectivity index (χ1) is 30.4. The molecule has 0 aliphatic heterocycles. The number of para-hydroxylation sites is 1. The zero-order valence-corrected chi connectivity index (χ0v) is 39.7. The molecule has 0 aliphatic carbocycles. The van der Waals surface area contributed by atoms with Crippen molar-refractivity contribution in [1.82, 2.24) is 4.57 Å². The summed E-state index contributed by atoms with van der Waals surface area (Å²) < 4.78 is 17.9. The van der Waals surface area contributed by atoms with Gasteiger partial charge in [0.1, 0.15) is 12.4 Å². The molecule has 0 amide bonds. The molecule has 0 saturated heterocycles. The molecular weight excluding hydrogens is 788 g/mol. The molecule has 0 spiro atoms. The number of nitrogens with zero attached hydrogens (tertiary/aromatic N) is 2. The number of allylic oxidation sites excluding steroid dienone is 3. The van der Waals surface area contributed by atoms with Gasteiger partial charge in [0.15, 0.2) is 12.4 Å². The van der Waals surface area contributed by atoms with Crippen LogP contribution in [-0.2, 0) is 11.3 Å². The van der Waals surface area contributed by atoms with Crippen LogP contribution < -0.4 is 4.57 Å². The van der Waals surface area contributed by atoms with Crippen molar-refractivity contribution in [3.63, 3.8) is 0 Å². The number of unbranched alkanes of at least 4 members (excludes halogenated alkanes) is 13. The van der Waals surface area contributed by atoms with E-state index in [-0.39, 0.29) is 24.9 Å². The van der Waals surface area contributed by atoms with Crippen LogP contribution in [0.15, 0.2) is 108 Å². The van der Waals surface area contributed by atoms with Gasteiger partial charge < -0.3 is 25.0 Å². The van der Waals surface area contributed by atoms with Crippen molar-refractivity contribution in [2.24, 2.45) is 0 Å². The lowest BCUT2D eigenvalue weighted by atomic mass is 10.0. The number of aliphatic hydroxyl groups is 3. The van der Waals surface area contributed by atoms with Crippen molar-refractivity contribution in [3.05, 3.63) is 120 Å². The molecule has 0 radical (unpaired) electrons. The zero-order valence-electron chi connectivity index (χ0n) is 39.7. The van der Waals surface area contributed by atoms with Crippen LogP contribution in [0.4, 0.5) is 4.39 Å². The predicted molar refractivity (Wildman–Crippen MR) is 262 cm³/mol. The molecule has 4 aromatic rings. The Bertz CT molecular complexity index is 1890. The summed E-state index contributed by atoms with van der Waals surface area (Å²) in [5.41, 5.74) is 6.28. The number of carboxylic acids is 1. The third kappa shape index (κ3) is 23.8. The van der Waals surface area contributed by atoms with Crippen molar-refractivity contribution in [2.75, 3.05) is 6.61 Å². The van der Waals surface area contributed by atoms with Gasteiger partial charge in [-0.25, -0.2) is 8.96 Å². The van der Waals surface area contributed by atoms with Crippen LogP contribution in [0.5, 0.6) is 0 Å². The molecule has 348 valence electrons. The second-order valence-electron chi connectivity index (χ2n) is 17.4. The Kier molecular flexibility index (Phi) is 28.8. The quantitative estimate of drug-likeness (QED) is 0.0271. The molecule has 0 saturated carbocycles. The van der Waals surface area contributed by atoms with E-state index in [9.17, 15) is 19.4 Å². The van der Waals surface area contributed by atoms with Crippen LogP contribution in [0.1, 0.15) is 169 Å². The number of carboxylic acid groups (broad SMARTS) is 1. The van der Waals surface area contributed by atoms with Gasteiger partial charge in [-0.3, -0.25) is 4.79 Å². The Morgan fingerprint density at radius 3 is 1.87 bits per heavy atom. The van der Waals surface area contributed by atoms with Crippen molar-refractivity contribution in [1.29, 1.82) is 0 Å². The lowest BCUT2D eigenvalue weighted by molar-refractivity contribution is -0.697. The van der Waals surface area contributed by atoms with E-state index in [0.717, 1.165) is 40.6 Å². The fourth-order valence-electron chi connectivity index (χ4n) is 7.69. The number of carbonyl (C=O) groups is 1. The van der Waals surface area contributed by atoms with Gasteiger partial charge in [-0.1, -0.05) is 150 Å². The van der Waals surface area contributed by atoms with Crippen molar-refractivity contribution in [2.45, 2.75) is 182 Å². The van der Waals surface area contributed by atoms with Crippen molar-refractivity contribution < 1.29 is 34.2 Å². The number of fused-ring (bicyclic) bond motifs is 1. The van der Waals surface area contributed by atoms with Crippen molar-refractivity contribution in [3.8, 4) is 11.1 Å². The molecule has 0 bridgehead atoms. The molecular formula is C55H82FN2O5+. The minimum absolute atomic E-state index is 0.0728. The smallest absolute Gasteiger partial charge is 0.305 e. The minimum Gasteiger partial charge on any atom is -0.481 e. The number of benzene rings is 2. The highest BCUT2D eigenvalue weighted by Gasteiger charge is 2.19. The highest BCUT2D eigenvalue weighted by atomic mass is 19.1. The number of aliphatic carboxylic acids is 1. The van der Waals surface area contributed by atoms with E-state index in [1.54, 1.807) is 24.3 Å². The fourth-order valence-corrected chi connectivity index (χ4v) is 7.69. The molecule has 4 rings (SSSR count). The summed E-state index contributed by atoms with van der Waals surface area (Å²) >= 11 is 0. The van der Waals surface area contributed by atoms with Crippen LogP contribution >= 0.6 is 0 Å². The van der Waals surface area contributed by atoms with Crippen LogP contribution in [-0.4, -0.2) is 49.8 Å². The molecule has 63 heavy (non-hydrogen) atoms. The first-order valence-electron chi connectivity index (χ1n) is 23.9. The van der Waals surface area contributed by atoms with Gasteiger partial charge in [-0.05, 0) is 83.7 Å². The average molecular weight is 870 g/mol. The monoisotopic (exact) mass is 870 g/mol. The van der Waals surface area contributed by atoms with E-state index in [1.165, 1.54) is 120 Å². The first-order valence-corrected chi connectivity index (χ1v) is 23.9. The Labute approximate surface area is 380 Å². The van der Waals surface area contributed by atoms with Gasteiger partial charge in [-0.15, -0.1) is 0 Å². The number of halogens is 1. The van der Waals surface area contributed by atoms with Crippen LogP contribution in [0.25, 0.3) is 28.1 Å². The third-order valence-corrected chi connectivity index (χ3v) is 11.1. The molecule has 0 fully saturated rings. The Balaban J connectivity index is 0.000000362. The van der Waals surface area contributed by atoms with Crippen LogP contribution in [0.3, 0.4) is 0 Å². The number of aromatic nitrogens is 2. The normalized spacial score (nSPS) is 12.5. The minimum atomic E-state index is -1.13. The maximum absolute atomic E-state index is 13.5. The SMILES string of the molecule is CC(C)=CCC/C(C)=C/CO.CC(C)n1c(/C=C/[C@@H](O)C[C@@H](O)CC(=O)O)c(-c2ccc(F)cc2)c2ccccc21.CCCCCCCCCCCCCCCC[n+]1ccccc1. The summed E-state index contributed by atoms with van der Waals surface area (Å²) in [6.45, 7) is 14.0. The van der Waals surface area contributed by atoms with E-state index < -0.39 is 24.6 Å². The van der Waals surface area contributed by atoms with Crippen LogP contribution in [0, 0.1) is 5.82 Å². The Morgan fingerprint density at radius 1 is 0.762 bits per heavy atom. The fraction of sp³-hybridized carbons (Fsp3) is 0.527. The largest absolute Gasteiger partial charge is 0.481 e. The molecule has 2 atom stereocenters. The lowest BCUT2D eigenvalue weighted by Gasteiger charge is -2.15. The maximum Gasteiger partial charge on any atom is 0.305 e. The van der Waals surface area contributed by atoms with Gasteiger partial charge in [-0.2, -0.15) is 0 Å². The summed E-state index contributed by atoms with van der Waals surface area (Å²) in [5.74, 6) is -1.43. The van der Waals surface area contributed by atoms with Gasteiger partial charge in [0.2, 0.25) is 0 Å². The number of hydrogen-bond acceptors (Lipinski definition) is 4. The lowest BCUT2D eigenvalue weighted by Crippen LogP contribution is -2.32. The molecule has 2 aromatic heterocycles. The molecule has 0 unspecified atom stereocenters. The molecule has 2 aromatic carbocycles. The predicted octanol–water partition coefficient (Wildman–Crippen LogP) is 13.8. The standard InChI is InChI=1S/C24H26FNO4.C21H38N.C10H18O/c1-15(2)26-21-6-4-3-5-20(21)24(16-7-9-17(25)10-8-16)22(26)12-11-18(27)13-19(28)14-23(29)30;1-2-3-4-5-6-7-8-9-10-11-12-13-14-16-19-22-20-17-15-18-21-22;1-9(2)5-4-6-10(3)7-8-11/h3-12,15,18-19,27-28H,13-14H2,1-2H3,(H,29,30);15,17-18,20-21H,2-14,16,19H2,1H3;5,7,11H,4,6,8H2,1-3H3/q;+1;/b12-11+;;10-7+/t18-,19-;;/m1../s1. The van der Waals surface area contributed by atoms with Crippen LogP contribution in [0.2, 0.25) is 0 Å². The summed E-state index contributed by atoms with van der Waals surface area (Å²) in [6.07, 6.45) is 31.4. The topological polar surface area (TPSA) is 107 Å². The van der Waals surface area contributed by atoms with E-state index in [0.29, 0.717) is 0 Å². The van der Waals surface area contributed by atoms with Gasteiger partial charge in [0.25, 0.3) is 0 Å². The number of aliphatic hydroxyl groups excluding tert-OH is 3. The highest BCUT2D eigenvalue weighted by Crippen LogP contribution is 2.38. The van der Waals surface area contributed by atoms with Crippen molar-refractivity contribution >= 4 is 22.9 Å². The highest BCUT2D eigenvalue weighted by molar-refractivity contribution is 6.01. The Hall–Kier alpha value is -4.37. The Morgan fingerprint density at radius 2 is 1.33 bits per heavy atom. The summed E-state index contributed by atoms with van der Waals surface area (Å²) in [5, 5.41) is 38.4. The maximum atomic E-state index is 13.5. The molecule has 8 heteroatoms. The van der Waals surface area contributed by atoms with Gasteiger partial charge in [0, 0.05) is 53.2 Å². The summed E-state index contributed by atoms with van der Waals surface area (Å²) in [4.78, 5) is 10.7. The molecule has 2 heterocycles. The van der Waals surface area contributed by atoms with Gasteiger partial charge in [0.05, 0.1) is 25.2 Å². The first kappa shape index (κ1) is 54.8. The van der Waals surface area contributed by atoms with E-state index >= 15 is 0 Å². The number of pyridine rings is 1. The van der Waals surface area contributed by atoms with E-state index in [2.05, 4.69) is 87.3 Å². The molecule has 4 N–H and O–H groups in total. The number of aryl methyl sites for hydroxylation is 1. The molecule has 7 nitrogen and oxygen atoms in total. The van der Waals surface area contributed by atoms with Gasteiger partial charge >= 0.3 is 5.97 Å². The second-order valence-corrected chi connectivity index (χ2v) is 17.4. The summed E-state index contributed by atoms with van der Waals surface area (Å²) in [7, 11) is 0. The average Bonchev–Trinajstić information content (AvgIpc) is 3.58. The third-order valence-electron chi connectivity index (χ3n) is 11.1. The van der Waals surface area contributed by atoms with E-state index in [1.807, 2.05) is 30.3 Å². The summed E-state index contributed by atoms with van der Waals surface area (Å²) in [6, 6.07) is 20.7. The number of rotatable bonds is 27. The second kappa shape index (κ2) is 33.2. The van der Waals surface area contributed by atoms with E-state index in [4.69, 9.17) is 10.2 Å². The number of hydrogen-bond donors (Lipinski definition) is 4.